The fraction of sp³-hybridized carbons (Fsp3) is 0.200. The van der Waals surface area contributed by atoms with Crippen LogP contribution in [0.4, 0.5) is 11.4 Å². The predicted octanol–water partition coefficient (Wildman–Crippen LogP) is 2.80. The van der Waals surface area contributed by atoms with Crippen molar-refractivity contribution in [3.05, 3.63) is 80.8 Å². The van der Waals surface area contributed by atoms with Gasteiger partial charge < -0.3 is 10.1 Å². The van der Waals surface area contributed by atoms with Crippen LogP contribution >= 0.6 is 0 Å². The lowest BCUT2D eigenvalue weighted by molar-refractivity contribution is -0.386. The van der Waals surface area contributed by atoms with E-state index in [1.165, 1.54) is 29.8 Å². The van der Waals surface area contributed by atoms with Crippen molar-refractivity contribution >= 4 is 17.3 Å². The summed E-state index contributed by atoms with van der Waals surface area (Å²) in [6.07, 6.45) is -1.06. The van der Waals surface area contributed by atoms with Crippen LogP contribution in [0.25, 0.3) is 5.69 Å². The molecule has 0 aliphatic heterocycles. The maximum Gasteiger partial charge on any atom is 0.310 e. The Labute approximate surface area is 166 Å². The summed E-state index contributed by atoms with van der Waals surface area (Å²) in [5.41, 5.74) is 0.717. The van der Waals surface area contributed by atoms with E-state index in [1.54, 1.807) is 36.9 Å². The number of ether oxygens (including phenoxy) is 1. The number of aromatic nitrogens is 2. The topological polar surface area (TPSA) is 108 Å². The van der Waals surface area contributed by atoms with Crippen molar-refractivity contribution < 1.29 is 14.5 Å². The van der Waals surface area contributed by atoms with E-state index in [2.05, 4.69) is 5.32 Å². The lowest BCUT2D eigenvalue weighted by atomic mass is 10.3. The normalized spacial score (nSPS) is 11.7. The van der Waals surface area contributed by atoms with Crippen LogP contribution in [-0.2, 0) is 11.8 Å². The van der Waals surface area contributed by atoms with E-state index in [1.807, 2.05) is 18.2 Å². The molecular formula is C20H20N4O5. The van der Waals surface area contributed by atoms with E-state index in [-0.39, 0.29) is 22.7 Å². The zero-order valence-electron chi connectivity index (χ0n) is 16.2. The summed E-state index contributed by atoms with van der Waals surface area (Å²) in [5, 5.41) is 13.7. The van der Waals surface area contributed by atoms with E-state index in [4.69, 9.17) is 4.74 Å². The van der Waals surface area contributed by atoms with Gasteiger partial charge in [-0.15, -0.1) is 0 Å². The van der Waals surface area contributed by atoms with Crippen LogP contribution in [-0.4, -0.2) is 26.3 Å². The number of nitrogens with one attached hydrogen (secondary N) is 1. The summed E-state index contributed by atoms with van der Waals surface area (Å²) in [6.45, 7) is 3.17. The number of carbonyl (C=O) groups excluding carboxylic acids is 1. The van der Waals surface area contributed by atoms with E-state index >= 15 is 0 Å². The number of nitrogens with zero attached hydrogens (tertiary/aromatic N) is 3. The Balaban J connectivity index is 1.85. The quantitative estimate of drug-likeness (QED) is 0.509. The molecule has 0 spiro atoms. The highest BCUT2D eigenvalue weighted by atomic mass is 16.6. The van der Waals surface area contributed by atoms with Gasteiger partial charge in [0.2, 0.25) is 0 Å². The van der Waals surface area contributed by atoms with E-state index in [0.717, 1.165) is 0 Å². The van der Waals surface area contributed by atoms with Gasteiger partial charge in [-0.05, 0) is 32.0 Å². The summed E-state index contributed by atoms with van der Waals surface area (Å²) < 4.78 is 8.56. The molecule has 0 saturated carbocycles. The first kappa shape index (κ1) is 19.9. The molecule has 0 saturated heterocycles. The van der Waals surface area contributed by atoms with Crippen LogP contribution in [0, 0.1) is 17.0 Å². The SMILES string of the molecule is Cc1c(NC(=O)[C@H](C)Oc2ccccc2[N+](=O)[O-])c(=O)n(-c2ccccc2)n1C. The molecule has 9 heteroatoms. The molecule has 2 aromatic carbocycles. The number of carbonyl (C=O) groups is 1. The first-order valence-electron chi connectivity index (χ1n) is 8.86. The minimum absolute atomic E-state index is 0.0216. The highest BCUT2D eigenvalue weighted by Gasteiger charge is 2.24. The summed E-state index contributed by atoms with van der Waals surface area (Å²) >= 11 is 0. The van der Waals surface area contributed by atoms with Gasteiger partial charge in [0.15, 0.2) is 11.9 Å². The number of anilines is 1. The first-order valence-corrected chi connectivity index (χ1v) is 8.86. The fourth-order valence-electron chi connectivity index (χ4n) is 2.89. The monoisotopic (exact) mass is 396 g/mol. The molecule has 0 radical (unpaired) electrons. The van der Waals surface area contributed by atoms with Gasteiger partial charge in [0.25, 0.3) is 11.5 Å². The molecule has 0 aliphatic carbocycles. The van der Waals surface area contributed by atoms with Gasteiger partial charge in [-0.2, -0.15) is 0 Å². The lowest BCUT2D eigenvalue weighted by Crippen LogP contribution is -2.32. The third kappa shape index (κ3) is 3.88. The predicted molar refractivity (Wildman–Crippen MR) is 108 cm³/mol. The minimum atomic E-state index is -1.06. The highest BCUT2D eigenvalue weighted by molar-refractivity contribution is 5.94. The summed E-state index contributed by atoms with van der Waals surface area (Å²) in [6, 6.07) is 14.8. The maximum absolute atomic E-state index is 12.9. The first-order chi connectivity index (χ1) is 13.8. The second-order valence-electron chi connectivity index (χ2n) is 6.41. The van der Waals surface area contributed by atoms with Crippen LogP contribution in [0.5, 0.6) is 5.75 Å². The van der Waals surface area contributed by atoms with E-state index in [9.17, 15) is 19.7 Å². The molecule has 150 valence electrons. The summed E-state index contributed by atoms with van der Waals surface area (Å²) in [5.74, 6) is -0.610. The van der Waals surface area contributed by atoms with Gasteiger partial charge >= 0.3 is 5.69 Å². The lowest BCUT2D eigenvalue weighted by Gasteiger charge is -2.14. The van der Waals surface area contributed by atoms with E-state index < -0.39 is 16.9 Å². The van der Waals surface area contributed by atoms with Crippen LogP contribution < -0.4 is 15.6 Å². The third-order valence-electron chi connectivity index (χ3n) is 4.54. The van der Waals surface area contributed by atoms with Gasteiger partial charge in [-0.1, -0.05) is 30.3 Å². The molecule has 29 heavy (non-hydrogen) atoms. The Bertz CT molecular complexity index is 1120. The largest absolute Gasteiger partial charge is 0.474 e. The van der Waals surface area contributed by atoms with Gasteiger partial charge in [0.05, 0.1) is 16.3 Å². The van der Waals surface area contributed by atoms with E-state index in [0.29, 0.717) is 11.4 Å². The highest BCUT2D eigenvalue weighted by Crippen LogP contribution is 2.27. The summed E-state index contributed by atoms with van der Waals surface area (Å²) in [4.78, 5) is 36.0. The van der Waals surface area contributed by atoms with Gasteiger partial charge in [-0.3, -0.25) is 24.4 Å². The molecule has 1 aromatic heterocycles. The van der Waals surface area contributed by atoms with Crippen molar-refractivity contribution in [2.24, 2.45) is 7.05 Å². The zero-order chi connectivity index (χ0) is 21.1. The Morgan fingerprint density at radius 3 is 2.41 bits per heavy atom. The number of rotatable bonds is 6. The average molecular weight is 396 g/mol. The molecule has 0 bridgehead atoms. The number of nitro benzene ring substituents is 1. The van der Waals surface area contributed by atoms with Crippen molar-refractivity contribution in [2.75, 3.05) is 5.32 Å². The molecule has 9 nitrogen and oxygen atoms in total. The van der Waals surface area contributed by atoms with Gasteiger partial charge in [0.1, 0.15) is 5.69 Å². The molecule has 1 heterocycles. The van der Waals surface area contributed by atoms with Crippen molar-refractivity contribution in [3.63, 3.8) is 0 Å². The number of hydrogen-bond acceptors (Lipinski definition) is 5. The molecule has 1 atom stereocenters. The Kier molecular flexibility index (Phi) is 5.49. The second-order valence-corrected chi connectivity index (χ2v) is 6.41. The van der Waals surface area contributed by atoms with Crippen molar-refractivity contribution in [3.8, 4) is 11.4 Å². The Hall–Kier alpha value is -3.88. The van der Waals surface area contributed by atoms with Gasteiger partial charge in [-0.25, -0.2) is 4.68 Å². The molecule has 1 N–H and O–H groups in total. The molecule has 0 fully saturated rings. The van der Waals surface area contributed by atoms with Crippen LogP contribution in [0.2, 0.25) is 0 Å². The number of para-hydroxylation sites is 3. The van der Waals surface area contributed by atoms with Crippen LogP contribution in [0.3, 0.4) is 0 Å². The number of nitro groups is 1. The molecule has 1 amide bonds. The Morgan fingerprint density at radius 1 is 1.14 bits per heavy atom. The molecule has 0 unspecified atom stereocenters. The van der Waals surface area contributed by atoms with Crippen LogP contribution in [0.1, 0.15) is 12.6 Å². The maximum atomic E-state index is 12.9. The fourth-order valence-corrected chi connectivity index (χ4v) is 2.89. The Morgan fingerprint density at radius 2 is 1.76 bits per heavy atom. The second kappa shape index (κ2) is 8.01. The smallest absolute Gasteiger partial charge is 0.310 e. The van der Waals surface area contributed by atoms with Crippen molar-refractivity contribution in [2.45, 2.75) is 20.0 Å². The number of benzene rings is 2. The zero-order valence-corrected chi connectivity index (χ0v) is 16.2. The average Bonchev–Trinajstić information content (AvgIpc) is 2.92. The van der Waals surface area contributed by atoms with Crippen molar-refractivity contribution in [1.29, 1.82) is 0 Å². The number of amides is 1. The number of hydrogen-bond donors (Lipinski definition) is 1. The van der Waals surface area contributed by atoms with Gasteiger partial charge in [0, 0.05) is 13.1 Å². The van der Waals surface area contributed by atoms with Crippen LogP contribution in [0.15, 0.2) is 59.4 Å². The summed E-state index contributed by atoms with van der Waals surface area (Å²) in [7, 11) is 1.71. The molecule has 3 rings (SSSR count). The minimum Gasteiger partial charge on any atom is -0.474 e. The molecular weight excluding hydrogens is 376 g/mol. The standard InChI is InChI=1S/C20H20N4O5/c1-13-18(20(26)23(22(13)3)15-9-5-4-6-10-15)21-19(25)14(2)29-17-12-8-7-11-16(17)24(27)28/h4-12,14H,1-3H3,(H,21,25)/t14-/m0/s1. The molecule has 0 aliphatic rings. The third-order valence-corrected chi connectivity index (χ3v) is 4.54. The van der Waals surface area contributed by atoms with Crippen molar-refractivity contribution in [1.82, 2.24) is 9.36 Å². The molecule has 3 aromatic rings.